The maximum Gasteiger partial charge on any atom is 0.317 e. The quantitative estimate of drug-likeness (QED) is 0.644. The Kier molecular flexibility index (Phi) is 6.22. The van der Waals surface area contributed by atoms with Crippen LogP contribution in [0.3, 0.4) is 0 Å². The Morgan fingerprint density at radius 3 is 2.55 bits per heavy atom. The number of carbonyl (C=O) groups excluding carboxylic acids is 1. The molecule has 1 saturated heterocycles. The van der Waals surface area contributed by atoms with Gasteiger partial charge in [0.25, 0.3) is 10.2 Å². The molecule has 0 spiro atoms. The van der Waals surface area contributed by atoms with Crippen molar-refractivity contribution >= 4 is 16.2 Å². The first kappa shape index (κ1) is 17.2. The van der Waals surface area contributed by atoms with Crippen LogP contribution in [-0.4, -0.2) is 52.1 Å². The van der Waals surface area contributed by atoms with Gasteiger partial charge in [-0.1, -0.05) is 12.2 Å². The highest BCUT2D eigenvalue weighted by atomic mass is 32.2. The molecule has 0 radical (unpaired) electrons. The molecule has 1 heterocycles. The summed E-state index contributed by atoms with van der Waals surface area (Å²) in [6.07, 6.45) is 8.91. The summed E-state index contributed by atoms with van der Waals surface area (Å²) in [6, 6.07) is -0.144. The molecule has 1 aliphatic heterocycles. The molecule has 2 aliphatic rings. The van der Waals surface area contributed by atoms with Crippen molar-refractivity contribution in [2.45, 2.75) is 38.1 Å². The highest BCUT2D eigenvalue weighted by Crippen LogP contribution is 2.17. The van der Waals surface area contributed by atoms with Crippen LogP contribution in [-0.2, 0) is 10.2 Å². The van der Waals surface area contributed by atoms with E-state index in [4.69, 9.17) is 0 Å². The second-order valence-corrected chi connectivity index (χ2v) is 7.57. The summed E-state index contributed by atoms with van der Waals surface area (Å²) in [6.45, 7) is 1.87. The van der Waals surface area contributed by atoms with Crippen LogP contribution >= 0.6 is 0 Å². The second kappa shape index (κ2) is 7.94. The van der Waals surface area contributed by atoms with Crippen LogP contribution in [0.4, 0.5) is 4.79 Å². The van der Waals surface area contributed by atoms with Gasteiger partial charge in [0.2, 0.25) is 0 Å². The average Bonchev–Trinajstić information content (AvgIpc) is 2.54. The highest BCUT2D eigenvalue weighted by molar-refractivity contribution is 7.87. The van der Waals surface area contributed by atoms with Gasteiger partial charge in [0.1, 0.15) is 0 Å². The summed E-state index contributed by atoms with van der Waals surface area (Å²) in [5, 5.41) is 3.00. The van der Waals surface area contributed by atoms with Crippen LogP contribution in [0, 0.1) is 5.92 Å². The van der Waals surface area contributed by atoms with Crippen molar-refractivity contribution in [1.82, 2.24) is 19.7 Å². The molecule has 0 aromatic heterocycles. The normalized spacial score (nSPS) is 23.5. The largest absolute Gasteiger partial charge is 0.338 e. The topological polar surface area (TPSA) is 90.5 Å². The predicted octanol–water partition coefficient (Wildman–Crippen LogP) is 0.571. The number of nitrogens with zero attached hydrogens (tertiary/aromatic N) is 1. The molecule has 1 aliphatic carbocycles. The second-order valence-electron chi connectivity index (χ2n) is 5.92. The molecule has 0 aromatic carbocycles. The van der Waals surface area contributed by atoms with E-state index in [-0.39, 0.29) is 12.1 Å². The average molecular weight is 330 g/mol. The van der Waals surface area contributed by atoms with E-state index in [9.17, 15) is 13.2 Å². The lowest BCUT2D eigenvalue weighted by Gasteiger charge is -2.32. The van der Waals surface area contributed by atoms with Gasteiger partial charge in [0.05, 0.1) is 0 Å². The maximum absolute atomic E-state index is 12.1. The Morgan fingerprint density at radius 1 is 1.23 bits per heavy atom. The van der Waals surface area contributed by atoms with Crippen LogP contribution in [0.1, 0.15) is 32.1 Å². The van der Waals surface area contributed by atoms with Crippen molar-refractivity contribution in [3.05, 3.63) is 12.2 Å². The van der Waals surface area contributed by atoms with Crippen molar-refractivity contribution in [3.63, 3.8) is 0 Å². The van der Waals surface area contributed by atoms with Gasteiger partial charge in [-0.2, -0.15) is 13.1 Å². The minimum atomic E-state index is -3.41. The van der Waals surface area contributed by atoms with Crippen molar-refractivity contribution in [2.75, 3.05) is 26.7 Å². The number of hydrogen-bond acceptors (Lipinski definition) is 3. The van der Waals surface area contributed by atoms with E-state index in [1.54, 1.807) is 4.90 Å². The van der Waals surface area contributed by atoms with Gasteiger partial charge in [0.15, 0.2) is 0 Å². The standard InChI is InChI=1S/C14H26N4O3S/c1-15-22(20,21)17-13-7-9-18(10-8-13)14(19)16-11-12-5-3-2-4-6-12/h2-3,12-13,15,17H,4-11H2,1H3,(H,16,19)/t12-/m0/s1. The van der Waals surface area contributed by atoms with Gasteiger partial charge >= 0.3 is 6.03 Å². The zero-order valence-corrected chi connectivity index (χ0v) is 13.9. The molecule has 1 atom stereocenters. The van der Waals surface area contributed by atoms with E-state index >= 15 is 0 Å². The summed E-state index contributed by atoms with van der Waals surface area (Å²) in [5.41, 5.74) is 0. The number of allylic oxidation sites excluding steroid dienone is 2. The lowest BCUT2D eigenvalue weighted by atomic mass is 9.94. The number of hydrogen-bond donors (Lipinski definition) is 3. The van der Waals surface area contributed by atoms with Crippen LogP contribution in [0.2, 0.25) is 0 Å². The number of rotatable bonds is 5. The van der Waals surface area contributed by atoms with E-state index in [0.29, 0.717) is 31.8 Å². The summed E-state index contributed by atoms with van der Waals surface area (Å²) in [7, 11) is -2.03. The molecule has 1 fully saturated rings. The molecule has 0 saturated carbocycles. The Hall–Kier alpha value is -1.12. The van der Waals surface area contributed by atoms with Gasteiger partial charge < -0.3 is 10.2 Å². The van der Waals surface area contributed by atoms with Crippen molar-refractivity contribution < 1.29 is 13.2 Å². The molecule has 2 amide bonds. The molecule has 2 rings (SSSR count). The van der Waals surface area contributed by atoms with Gasteiger partial charge in [-0.25, -0.2) is 9.52 Å². The number of likely N-dealkylation sites (tertiary alicyclic amines) is 1. The zero-order chi connectivity index (χ0) is 16.0. The van der Waals surface area contributed by atoms with Gasteiger partial charge in [-0.15, -0.1) is 0 Å². The molecule has 7 nitrogen and oxygen atoms in total. The van der Waals surface area contributed by atoms with E-state index in [2.05, 4.69) is 26.9 Å². The molecular formula is C14H26N4O3S. The molecule has 3 N–H and O–H groups in total. The molecule has 0 unspecified atom stereocenters. The van der Waals surface area contributed by atoms with Gasteiger partial charge in [-0.3, -0.25) is 0 Å². The number of nitrogens with one attached hydrogen (secondary N) is 3. The fourth-order valence-electron chi connectivity index (χ4n) is 2.86. The predicted molar refractivity (Wildman–Crippen MR) is 85.6 cm³/mol. The third-order valence-electron chi connectivity index (χ3n) is 4.29. The minimum absolute atomic E-state index is 0.0375. The number of piperidine rings is 1. The van der Waals surface area contributed by atoms with Crippen LogP contribution in [0.5, 0.6) is 0 Å². The fraction of sp³-hybridized carbons (Fsp3) is 0.786. The van der Waals surface area contributed by atoms with Crippen LogP contribution < -0.4 is 14.8 Å². The maximum atomic E-state index is 12.1. The molecule has 8 heteroatoms. The number of amides is 2. The summed E-state index contributed by atoms with van der Waals surface area (Å²) < 4.78 is 27.7. The zero-order valence-electron chi connectivity index (χ0n) is 13.0. The van der Waals surface area contributed by atoms with Crippen molar-refractivity contribution in [3.8, 4) is 0 Å². The summed E-state index contributed by atoms with van der Waals surface area (Å²) >= 11 is 0. The monoisotopic (exact) mass is 330 g/mol. The van der Waals surface area contributed by atoms with E-state index in [1.807, 2.05) is 0 Å². The summed E-state index contributed by atoms with van der Waals surface area (Å²) in [5.74, 6) is 0.536. The van der Waals surface area contributed by atoms with E-state index < -0.39 is 10.2 Å². The van der Waals surface area contributed by atoms with Crippen LogP contribution in [0.25, 0.3) is 0 Å². The summed E-state index contributed by atoms with van der Waals surface area (Å²) in [4.78, 5) is 13.9. The Balaban J connectivity index is 1.69. The Morgan fingerprint density at radius 2 is 1.95 bits per heavy atom. The number of carbonyl (C=O) groups is 1. The molecule has 0 bridgehead atoms. The molecule has 0 aromatic rings. The third kappa shape index (κ3) is 5.26. The first-order valence-corrected chi connectivity index (χ1v) is 9.37. The first-order chi connectivity index (χ1) is 10.5. The van der Waals surface area contributed by atoms with E-state index in [0.717, 1.165) is 25.8 Å². The smallest absolute Gasteiger partial charge is 0.317 e. The Labute approximate surface area is 132 Å². The lowest BCUT2D eigenvalue weighted by Crippen LogP contribution is -2.51. The van der Waals surface area contributed by atoms with Crippen molar-refractivity contribution in [1.29, 1.82) is 0 Å². The van der Waals surface area contributed by atoms with Gasteiger partial charge in [0, 0.05) is 32.7 Å². The first-order valence-electron chi connectivity index (χ1n) is 7.89. The fourth-order valence-corrected chi connectivity index (χ4v) is 3.66. The molecule has 126 valence electrons. The highest BCUT2D eigenvalue weighted by Gasteiger charge is 2.25. The SMILES string of the molecule is CNS(=O)(=O)NC1CCN(C(=O)NC[C@H]2CC=CCC2)CC1. The van der Waals surface area contributed by atoms with Gasteiger partial charge in [-0.05, 0) is 38.0 Å². The number of urea groups is 1. The molecule has 22 heavy (non-hydrogen) atoms. The third-order valence-corrected chi connectivity index (χ3v) is 5.47. The Bertz CT molecular complexity index is 498. The molecular weight excluding hydrogens is 304 g/mol. The minimum Gasteiger partial charge on any atom is -0.338 e. The van der Waals surface area contributed by atoms with Crippen LogP contribution in [0.15, 0.2) is 12.2 Å². The van der Waals surface area contributed by atoms with Crippen molar-refractivity contribution in [2.24, 2.45) is 5.92 Å². The lowest BCUT2D eigenvalue weighted by molar-refractivity contribution is 0.178. The van der Waals surface area contributed by atoms with E-state index in [1.165, 1.54) is 7.05 Å².